The van der Waals surface area contributed by atoms with Gasteiger partial charge in [0.2, 0.25) is 0 Å². The van der Waals surface area contributed by atoms with Crippen LogP contribution in [-0.2, 0) is 9.59 Å². The van der Waals surface area contributed by atoms with Crippen LogP contribution in [0.1, 0.15) is 5.56 Å². The highest BCUT2D eigenvalue weighted by Gasteiger charge is 2.16. The summed E-state index contributed by atoms with van der Waals surface area (Å²) >= 11 is 6.09. The number of anilines is 1. The molecule has 0 aliphatic rings. The number of aliphatic carboxylic acids is 1. The highest BCUT2D eigenvalue weighted by Crippen LogP contribution is 2.37. The molecule has 0 bridgehead atoms. The molecule has 28 heavy (non-hydrogen) atoms. The number of ether oxygens (including phenoxy) is 2. The van der Waals surface area contributed by atoms with Gasteiger partial charge in [-0.05, 0) is 35.9 Å². The van der Waals surface area contributed by atoms with Gasteiger partial charge in [0.15, 0.2) is 18.1 Å². The van der Waals surface area contributed by atoms with Gasteiger partial charge in [-0.1, -0.05) is 23.7 Å². The molecule has 2 N–H and O–H groups in total. The minimum Gasteiger partial charge on any atom is -0.493 e. The maximum atomic E-state index is 13.7. The number of para-hydroxylation sites is 1. The van der Waals surface area contributed by atoms with E-state index in [-0.39, 0.29) is 27.8 Å². The molecule has 0 aliphatic heterocycles. The lowest BCUT2D eigenvalue weighted by Crippen LogP contribution is -2.14. The molecular formula is C19H14ClFN2O5. The van der Waals surface area contributed by atoms with Crippen molar-refractivity contribution in [2.45, 2.75) is 0 Å². The number of amides is 1. The van der Waals surface area contributed by atoms with Crippen molar-refractivity contribution in [1.82, 2.24) is 0 Å². The van der Waals surface area contributed by atoms with Gasteiger partial charge in [-0.15, -0.1) is 0 Å². The molecular weight excluding hydrogens is 391 g/mol. The standard InChI is InChI=1S/C19H14ClFN2O5/c1-27-16-8-11(7-13(20)18(16)28-10-17(24)25)6-12(9-22)19(26)23-15-5-3-2-4-14(15)21/h2-8H,10H2,1H3,(H,23,26)(H,24,25)/b12-6-. The second-order valence-electron chi connectivity index (χ2n) is 5.32. The topological polar surface area (TPSA) is 109 Å². The Labute approximate surface area is 164 Å². The Morgan fingerprint density at radius 1 is 1.36 bits per heavy atom. The zero-order valence-corrected chi connectivity index (χ0v) is 15.3. The molecule has 1 amide bonds. The predicted molar refractivity (Wildman–Crippen MR) is 99.8 cm³/mol. The molecule has 2 aromatic carbocycles. The maximum Gasteiger partial charge on any atom is 0.341 e. The average Bonchev–Trinajstić information content (AvgIpc) is 2.66. The van der Waals surface area contributed by atoms with Crippen LogP contribution in [-0.4, -0.2) is 30.7 Å². The van der Waals surface area contributed by atoms with Crippen LogP contribution >= 0.6 is 11.6 Å². The number of carbonyl (C=O) groups is 2. The number of nitrogens with zero attached hydrogens (tertiary/aromatic N) is 1. The van der Waals surface area contributed by atoms with Gasteiger partial charge in [-0.25, -0.2) is 9.18 Å². The molecule has 7 nitrogen and oxygen atoms in total. The van der Waals surface area contributed by atoms with Crippen LogP contribution in [0.25, 0.3) is 6.08 Å². The van der Waals surface area contributed by atoms with Gasteiger partial charge in [-0.3, -0.25) is 4.79 Å². The first kappa shape index (κ1) is 20.7. The van der Waals surface area contributed by atoms with E-state index in [0.29, 0.717) is 5.56 Å². The molecule has 0 spiro atoms. The van der Waals surface area contributed by atoms with Crippen molar-refractivity contribution in [1.29, 1.82) is 5.26 Å². The molecule has 0 heterocycles. The van der Waals surface area contributed by atoms with Crippen LogP contribution in [0.15, 0.2) is 42.0 Å². The van der Waals surface area contributed by atoms with Gasteiger partial charge >= 0.3 is 5.97 Å². The Hall–Kier alpha value is -3.57. The highest BCUT2D eigenvalue weighted by molar-refractivity contribution is 6.32. The van der Waals surface area contributed by atoms with E-state index >= 15 is 0 Å². The van der Waals surface area contributed by atoms with E-state index in [2.05, 4.69) is 5.32 Å². The Morgan fingerprint density at radius 3 is 2.68 bits per heavy atom. The van der Waals surface area contributed by atoms with Crippen molar-refractivity contribution in [2.75, 3.05) is 19.0 Å². The number of nitriles is 1. The third kappa shape index (κ3) is 5.22. The molecule has 0 saturated heterocycles. The number of hydrogen-bond acceptors (Lipinski definition) is 5. The van der Waals surface area contributed by atoms with Crippen molar-refractivity contribution in [2.24, 2.45) is 0 Å². The second kappa shape index (κ2) is 9.39. The minimum absolute atomic E-state index is 0.0121. The van der Waals surface area contributed by atoms with Crippen LogP contribution in [0.4, 0.5) is 10.1 Å². The molecule has 2 rings (SSSR count). The second-order valence-corrected chi connectivity index (χ2v) is 5.73. The van der Waals surface area contributed by atoms with E-state index in [1.807, 2.05) is 0 Å². The van der Waals surface area contributed by atoms with E-state index in [4.69, 9.17) is 26.2 Å². The predicted octanol–water partition coefficient (Wildman–Crippen LogP) is 3.50. The molecule has 0 saturated carbocycles. The summed E-state index contributed by atoms with van der Waals surface area (Å²) in [7, 11) is 1.32. The average molecular weight is 405 g/mol. The van der Waals surface area contributed by atoms with Gasteiger partial charge < -0.3 is 19.9 Å². The largest absolute Gasteiger partial charge is 0.493 e. The summed E-state index contributed by atoms with van der Waals surface area (Å²) in [5.41, 5.74) is -0.0491. The van der Waals surface area contributed by atoms with Crippen LogP contribution in [0.2, 0.25) is 5.02 Å². The van der Waals surface area contributed by atoms with Crippen molar-refractivity contribution < 1.29 is 28.6 Å². The molecule has 0 unspecified atom stereocenters. The first-order valence-corrected chi connectivity index (χ1v) is 8.13. The Bertz CT molecular complexity index is 985. The Morgan fingerprint density at radius 2 is 2.07 bits per heavy atom. The van der Waals surface area contributed by atoms with E-state index in [1.165, 1.54) is 49.6 Å². The normalized spacial score (nSPS) is 10.7. The molecule has 0 fully saturated rings. The Balaban J connectivity index is 2.32. The fourth-order valence-corrected chi connectivity index (χ4v) is 2.44. The number of halogens is 2. The SMILES string of the molecule is COc1cc(/C=C(/C#N)C(=O)Nc2ccccc2F)cc(Cl)c1OCC(=O)O. The minimum atomic E-state index is -1.20. The fraction of sp³-hybridized carbons (Fsp3) is 0.105. The summed E-state index contributed by atoms with van der Waals surface area (Å²) in [6, 6.07) is 10.1. The third-order valence-corrected chi connectivity index (χ3v) is 3.67. The molecule has 2 aromatic rings. The molecule has 9 heteroatoms. The monoisotopic (exact) mass is 404 g/mol. The highest BCUT2D eigenvalue weighted by atomic mass is 35.5. The summed E-state index contributed by atoms with van der Waals surface area (Å²) < 4.78 is 23.9. The third-order valence-electron chi connectivity index (χ3n) is 3.39. The number of nitrogens with one attached hydrogen (secondary N) is 1. The van der Waals surface area contributed by atoms with Crippen molar-refractivity contribution in [3.8, 4) is 17.6 Å². The lowest BCUT2D eigenvalue weighted by atomic mass is 10.1. The lowest BCUT2D eigenvalue weighted by Gasteiger charge is -2.12. The fourth-order valence-electron chi connectivity index (χ4n) is 2.16. The molecule has 144 valence electrons. The summed E-state index contributed by atoms with van der Waals surface area (Å²) in [5.74, 6) is -2.52. The number of benzene rings is 2. The summed E-state index contributed by atoms with van der Waals surface area (Å²) in [6.45, 7) is -0.625. The number of methoxy groups -OCH3 is 1. The van der Waals surface area contributed by atoms with E-state index in [1.54, 1.807) is 6.07 Å². The lowest BCUT2D eigenvalue weighted by molar-refractivity contribution is -0.139. The van der Waals surface area contributed by atoms with Crippen molar-refractivity contribution in [3.63, 3.8) is 0 Å². The van der Waals surface area contributed by atoms with Gasteiger partial charge in [0.1, 0.15) is 17.5 Å². The van der Waals surface area contributed by atoms with Crippen LogP contribution < -0.4 is 14.8 Å². The van der Waals surface area contributed by atoms with Crippen molar-refractivity contribution in [3.05, 3.63) is 58.4 Å². The molecule has 0 aliphatic carbocycles. The first-order valence-electron chi connectivity index (χ1n) is 7.75. The van der Waals surface area contributed by atoms with Gasteiger partial charge in [-0.2, -0.15) is 5.26 Å². The van der Waals surface area contributed by atoms with E-state index in [9.17, 15) is 19.2 Å². The van der Waals surface area contributed by atoms with Gasteiger partial charge in [0, 0.05) is 0 Å². The van der Waals surface area contributed by atoms with E-state index in [0.717, 1.165) is 0 Å². The van der Waals surface area contributed by atoms with Gasteiger partial charge in [0.25, 0.3) is 5.91 Å². The number of carbonyl (C=O) groups excluding carboxylic acids is 1. The van der Waals surface area contributed by atoms with E-state index < -0.39 is 24.3 Å². The molecule has 0 aromatic heterocycles. The van der Waals surface area contributed by atoms with Crippen LogP contribution in [0.3, 0.4) is 0 Å². The number of hydrogen-bond donors (Lipinski definition) is 2. The van der Waals surface area contributed by atoms with Crippen LogP contribution in [0, 0.1) is 17.1 Å². The van der Waals surface area contributed by atoms with Gasteiger partial charge in [0.05, 0.1) is 17.8 Å². The number of carboxylic acids is 1. The van der Waals surface area contributed by atoms with Crippen LogP contribution in [0.5, 0.6) is 11.5 Å². The molecule has 0 radical (unpaired) electrons. The summed E-state index contributed by atoms with van der Waals surface area (Å²) in [4.78, 5) is 22.9. The summed E-state index contributed by atoms with van der Waals surface area (Å²) in [6.07, 6.45) is 1.23. The quantitative estimate of drug-likeness (QED) is 0.540. The zero-order valence-electron chi connectivity index (χ0n) is 14.5. The summed E-state index contributed by atoms with van der Waals surface area (Å²) in [5, 5.41) is 20.3. The molecule has 0 atom stereocenters. The maximum absolute atomic E-state index is 13.7. The van der Waals surface area contributed by atoms with Crippen molar-refractivity contribution >= 4 is 35.2 Å². The Kier molecular flexibility index (Phi) is 6.96. The first-order chi connectivity index (χ1) is 13.3. The zero-order chi connectivity index (χ0) is 20.7. The number of carboxylic acid groups (broad SMARTS) is 1. The number of rotatable bonds is 7. The smallest absolute Gasteiger partial charge is 0.341 e.